The number of nitrogens with zero attached hydrogens (tertiary/aromatic N) is 2. The second-order valence-electron chi connectivity index (χ2n) is 9.48. The van der Waals surface area contributed by atoms with Gasteiger partial charge in [-0.3, -0.25) is 9.80 Å². The van der Waals surface area contributed by atoms with Crippen LogP contribution in [-0.4, -0.2) is 77.8 Å². The Labute approximate surface area is 180 Å². The van der Waals surface area contributed by atoms with Crippen molar-refractivity contribution in [3.8, 4) is 0 Å². The van der Waals surface area contributed by atoms with E-state index >= 15 is 0 Å². The fourth-order valence-corrected chi connectivity index (χ4v) is 8.21. The molecule has 1 amide bonds. The van der Waals surface area contributed by atoms with Crippen LogP contribution in [0.25, 0.3) is 0 Å². The van der Waals surface area contributed by atoms with Gasteiger partial charge in [0, 0.05) is 23.4 Å². The highest BCUT2D eigenvalue weighted by Crippen LogP contribution is 2.76. The van der Waals surface area contributed by atoms with Gasteiger partial charge in [0.05, 0.1) is 19.9 Å². The van der Waals surface area contributed by atoms with Crippen LogP contribution in [0.4, 0.5) is 10.5 Å². The Morgan fingerprint density at radius 1 is 1.13 bits per heavy atom. The molecule has 6 aliphatic rings. The van der Waals surface area contributed by atoms with E-state index < -0.39 is 40.1 Å². The first-order valence-electron chi connectivity index (χ1n) is 10.7. The average Bonchev–Trinajstić information content (AvgIpc) is 3.33. The van der Waals surface area contributed by atoms with Crippen LogP contribution in [0.3, 0.4) is 0 Å². The highest BCUT2D eigenvalue weighted by molar-refractivity contribution is 5.99. The fraction of sp³-hybridized carbons (Fsp3) is 0.565. The third-order valence-corrected chi connectivity index (χ3v) is 8.96. The zero-order valence-corrected chi connectivity index (χ0v) is 17.6. The number of carbonyl (C=O) groups excluding carboxylic acids is 2. The molecule has 0 unspecified atom stereocenters. The summed E-state index contributed by atoms with van der Waals surface area (Å²) >= 11 is 0. The highest BCUT2D eigenvalue weighted by Gasteiger charge is 2.89. The number of benzene rings is 1. The number of hydrogen-bond acceptors (Lipinski definition) is 7. The van der Waals surface area contributed by atoms with Crippen molar-refractivity contribution in [2.45, 2.75) is 48.0 Å². The lowest BCUT2D eigenvalue weighted by atomic mass is 9.37. The third-order valence-electron chi connectivity index (χ3n) is 8.96. The first-order valence-corrected chi connectivity index (χ1v) is 10.7. The number of hydrogen-bond donors (Lipinski definition) is 2. The maximum absolute atomic E-state index is 13.3. The summed E-state index contributed by atoms with van der Waals surface area (Å²) in [6.45, 7) is 1.47. The van der Waals surface area contributed by atoms with Crippen molar-refractivity contribution >= 4 is 17.7 Å². The van der Waals surface area contributed by atoms with E-state index in [1.807, 2.05) is 36.4 Å². The fourth-order valence-electron chi connectivity index (χ4n) is 8.21. The number of esters is 1. The van der Waals surface area contributed by atoms with Crippen LogP contribution in [0.2, 0.25) is 0 Å². The SMILES string of the molecule is COC(=O)N1c2ccccc2[C@]23CCN4CC=C[C@@]5(CC[C@@]12[C@@](O)(C(=O)OC)[C@@H]5O)[C@@H]43. The van der Waals surface area contributed by atoms with Gasteiger partial charge >= 0.3 is 12.1 Å². The van der Waals surface area contributed by atoms with Gasteiger partial charge in [-0.1, -0.05) is 30.4 Å². The Morgan fingerprint density at radius 3 is 2.65 bits per heavy atom. The molecule has 8 nitrogen and oxygen atoms in total. The molecule has 1 saturated heterocycles. The van der Waals surface area contributed by atoms with E-state index in [1.165, 1.54) is 19.1 Å². The topological polar surface area (TPSA) is 99.5 Å². The minimum Gasteiger partial charge on any atom is -0.467 e. The smallest absolute Gasteiger partial charge is 0.414 e. The van der Waals surface area contributed by atoms with Crippen molar-refractivity contribution in [1.82, 2.24) is 4.90 Å². The van der Waals surface area contributed by atoms with Crippen LogP contribution >= 0.6 is 0 Å². The van der Waals surface area contributed by atoms with E-state index in [9.17, 15) is 19.8 Å². The van der Waals surface area contributed by atoms with Gasteiger partial charge in [-0.15, -0.1) is 0 Å². The minimum atomic E-state index is -2.32. The molecule has 8 heteroatoms. The highest BCUT2D eigenvalue weighted by atomic mass is 16.6. The van der Waals surface area contributed by atoms with Crippen molar-refractivity contribution in [2.24, 2.45) is 5.41 Å². The Bertz CT molecular complexity index is 1040. The van der Waals surface area contributed by atoms with Crippen LogP contribution in [-0.2, 0) is 19.7 Å². The number of amides is 1. The number of anilines is 1. The molecule has 0 aromatic heterocycles. The number of rotatable bonds is 1. The van der Waals surface area contributed by atoms with E-state index in [0.29, 0.717) is 24.9 Å². The maximum Gasteiger partial charge on any atom is 0.414 e. The maximum atomic E-state index is 13.3. The first kappa shape index (κ1) is 19.3. The molecular weight excluding hydrogens is 400 g/mol. The van der Waals surface area contributed by atoms with Gasteiger partial charge in [-0.05, 0) is 37.4 Å². The van der Waals surface area contributed by atoms with Crippen LogP contribution < -0.4 is 4.90 Å². The Hall–Kier alpha value is -2.42. The van der Waals surface area contributed by atoms with E-state index in [4.69, 9.17) is 9.47 Å². The molecule has 7 rings (SSSR count). The van der Waals surface area contributed by atoms with E-state index in [-0.39, 0.29) is 6.04 Å². The second kappa shape index (κ2) is 5.68. The summed E-state index contributed by atoms with van der Waals surface area (Å²) in [6, 6.07) is 7.42. The van der Waals surface area contributed by atoms with Crippen molar-refractivity contribution in [3.05, 3.63) is 42.0 Å². The molecule has 3 heterocycles. The summed E-state index contributed by atoms with van der Waals surface area (Å²) in [5, 5.41) is 24.0. The number of aliphatic hydroxyl groups excluding tert-OH is 1. The number of carbonyl (C=O) groups is 2. The molecule has 3 aliphatic carbocycles. The van der Waals surface area contributed by atoms with Crippen LogP contribution in [0.5, 0.6) is 0 Å². The minimum absolute atomic E-state index is 0.158. The molecule has 31 heavy (non-hydrogen) atoms. The molecule has 2 bridgehead atoms. The van der Waals surface area contributed by atoms with E-state index in [2.05, 4.69) is 4.90 Å². The van der Waals surface area contributed by atoms with Gasteiger partial charge < -0.3 is 19.7 Å². The zero-order chi connectivity index (χ0) is 21.8. The summed E-state index contributed by atoms with van der Waals surface area (Å²) in [5.74, 6) is -0.920. The summed E-state index contributed by atoms with van der Waals surface area (Å²) in [7, 11) is 2.50. The summed E-state index contributed by atoms with van der Waals surface area (Å²) < 4.78 is 10.3. The lowest BCUT2D eigenvalue weighted by Gasteiger charge is -2.72. The molecule has 3 aliphatic heterocycles. The number of para-hydroxylation sites is 1. The molecule has 3 spiro atoms. The van der Waals surface area contributed by atoms with Gasteiger partial charge in [0.25, 0.3) is 0 Å². The molecule has 164 valence electrons. The lowest BCUT2D eigenvalue weighted by molar-refractivity contribution is -0.262. The predicted molar refractivity (Wildman–Crippen MR) is 109 cm³/mol. The average molecular weight is 426 g/mol. The monoisotopic (exact) mass is 426 g/mol. The predicted octanol–water partition coefficient (Wildman–Crippen LogP) is 0.952. The molecule has 1 aromatic carbocycles. The van der Waals surface area contributed by atoms with Crippen molar-refractivity contribution < 1.29 is 29.3 Å². The third kappa shape index (κ3) is 1.65. The van der Waals surface area contributed by atoms with Crippen LogP contribution in [0.1, 0.15) is 24.8 Å². The molecule has 0 radical (unpaired) electrons. The molecule has 1 aromatic rings. The van der Waals surface area contributed by atoms with Gasteiger partial charge in [-0.25, -0.2) is 9.59 Å². The quantitative estimate of drug-likeness (QED) is 0.510. The normalized spacial score (nSPS) is 43.9. The summed E-state index contributed by atoms with van der Waals surface area (Å²) in [6.07, 6.45) is 3.45. The van der Waals surface area contributed by atoms with Crippen LogP contribution in [0.15, 0.2) is 36.4 Å². The van der Waals surface area contributed by atoms with Gasteiger partial charge in [0.15, 0.2) is 0 Å². The van der Waals surface area contributed by atoms with Crippen molar-refractivity contribution in [3.63, 3.8) is 0 Å². The lowest BCUT2D eigenvalue weighted by Crippen LogP contribution is -2.90. The van der Waals surface area contributed by atoms with Crippen molar-refractivity contribution in [1.29, 1.82) is 0 Å². The molecule has 2 N–H and O–H groups in total. The zero-order valence-electron chi connectivity index (χ0n) is 17.6. The van der Waals surface area contributed by atoms with Gasteiger partial charge in [0.2, 0.25) is 5.60 Å². The second-order valence-corrected chi connectivity index (χ2v) is 9.48. The summed E-state index contributed by atoms with van der Waals surface area (Å²) in [4.78, 5) is 30.4. The molecule has 4 fully saturated rings. The number of fused-ring (bicyclic) bond motifs is 3. The van der Waals surface area contributed by atoms with Gasteiger partial charge in [-0.2, -0.15) is 0 Å². The van der Waals surface area contributed by atoms with Gasteiger partial charge in [0.1, 0.15) is 11.6 Å². The van der Waals surface area contributed by atoms with E-state index in [1.54, 1.807) is 0 Å². The molecule has 6 atom stereocenters. The Balaban J connectivity index is 1.77. The van der Waals surface area contributed by atoms with Crippen LogP contribution in [0, 0.1) is 5.41 Å². The van der Waals surface area contributed by atoms with Crippen molar-refractivity contribution in [2.75, 3.05) is 32.2 Å². The summed E-state index contributed by atoms with van der Waals surface area (Å²) in [5.41, 5.74) is -3.77. The molecule has 3 saturated carbocycles. The number of ether oxygens (including phenoxy) is 2. The standard InChI is InChI=1S/C23H26N2O6/c1-30-18(27)23(29)17(26)20-8-5-12-24-13-11-21(16(20)24)14-6-3-4-7-15(14)25(19(28)31-2)22(21,23)10-9-20/h3-8,16-17,26,29H,9-13H2,1-2H3/t16-,17-,20-,21+,22-,23+/m1/s1. The first-order chi connectivity index (χ1) is 14.9. The van der Waals surface area contributed by atoms with E-state index in [0.717, 1.165) is 18.7 Å². The number of methoxy groups -OCH3 is 2. The largest absolute Gasteiger partial charge is 0.467 e. The Kier molecular flexibility index (Phi) is 3.53. The Morgan fingerprint density at radius 2 is 1.90 bits per heavy atom. The number of aliphatic hydroxyl groups is 2. The molecular formula is C23H26N2O6.